The summed E-state index contributed by atoms with van der Waals surface area (Å²) in [6.45, 7) is 4.73. The van der Waals surface area contributed by atoms with Crippen molar-refractivity contribution in [2.24, 2.45) is 0 Å². The van der Waals surface area contributed by atoms with Crippen molar-refractivity contribution in [3.05, 3.63) is 58.4 Å². The number of benzene rings is 1. The fourth-order valence-corrected chi connectivity index (χ4v) is 2.35. The summed E-state index contributed by atoms with van der Waals surface area (Å²) in [6.07, 6.45) is 5.32. The van der Waals surface area contributed by atoms with Gasteiger partial charge >= 0.3 is 0 Å². The van der Waals surface area contributed by atoms with E-state index in [2.05, 4.69) is 0 Å². The highest BCUT2D eigenvalue weighted by molar-refractivity contribution is 6.31. The smallest absolute Gasteiger partial charge is 0.164 e. The van der Waals surface area contributed by atoms with Crippen molar-refractivity contribution in [3.63, 3.8) is 0 Å². The summed E-state index contributed by atoms with van der Waals surface area (Å²) in [5.41, 5.74) is 3.00. The molecule has 0 fully saturated rings. The van der Waals surface area contributed by atoms with E-state index >= 15 is 0 Å². The topological polar surface area (TPSA) is 22.0 Å². The predicted octanol–water partition coefficient (Wildman–Crippen LogP) is 4.48. The number of hydrogen-bond donors (Lipinski definition) is 0. The number of aromatic nitrogens is 1. The van der Waals surface area contributed by atoms with Crippen LogP contribution in [0.4, 0.5) is 0 Å². The molecule has 3 heteroatoms. The van der Waals surface area contributed by atoms with Gasteiger partial charge in [0, 0.05) is 35.9 Å². The summed E-state index contributed by atoms with van der Waals surface area (Å²) in [5, 5.41) is 0.773. The van der Waals surface area contributed by atoms with Gasteiger partial charge in [0.1, 0.15) is 0 Å². The molecule has 0 bridgehead atoms. The van der Waals surface area contributed by atoms with Gasteiger partial charge in [0.25, 0.3) is 0 Å². The first-order valence-corrected chi connectivity index (χ1v) is 6.92. The maximum absolute atomic E-state index is 11.8. The number of aryl methyl sites for hydroxylation is 1. The first-order chi connectivity index (χ1) is 9.10. The van der Waals surface area contributed by atoms with E-state index in [1.165, 1.54) is 0 Å². The summed E-state index contributed by atoms with van der Waals surface area (Å²) in [7, 11) is 0. The molecule has 0 radical (unpaired) electrons. The van der Waals surface area contributed by atoms with Crippen LogP contribution in [0.2, 0.25) is 5.02 Å². The molecule has 19 heavy (non-hydrogen) atoms. The van der Waals surface area contributed by atoms with Crippen molar-refractivity contribution in [1.29, 1.82) is 0 Å². The van der Waals surface area contributed by atoms with Crippen LogP contribution in [0.25, 0.3) is 0 Å². The molecule has 0 spiro atoms. The number of carbonyl (C=O) groups is 1. The average molecular weight is 276 g/mol. The first-order valence-electron chi connectivity index (χ1n) is 6.54. The van der Waals surface area contributed by atoms with Crippen LogP contribution in [0, 0.1) is 6.92 Å². The van der Waals surface area contributed by atoms with Crippen LogP contribution >= 0.6 is 11.6 Å². The molecule has 0 saturated carbocycles. The Hall–Kier alpha value is -1.54. The Morgan fingerprint density at radius 1 is 1.32 bits per heavy atom. The van der Waals surface area contributed by atoms with Gasteiger partial charge in [-0.25, -0.2) is 0 Å². The Kier molecular flexibility index (Phi) is 4.43. The van der Waals surface area contributed by atoms with E-state index in [1.807, 2.05) is 55.1 Å². The van der Waals surface area contributed by atoms with Crippen molar-refractivity contribution < 1.29 is 4.79 Å². The number of ketones is 1. The standard InChI is InChI=1S/C16H18ClNO/c1-3-4-16(19)14-7-8-18(11-14)10-13-6-5-12(2)9-15(13)17/h5-9,11H,3-4,10H2,1-2H3. The molecular formula is C16H18ClNO. The van der Waals surface area contributed by atoms with Gasteiger partial charge in [-0.2, -0.15) is 0 Å². The second-order valence-electron chi connectivity index (χ2n) is 4.84. The molecule has 1 aromatic heterocycles. The van der Waals surface area contributed by atoms with Crippen LogP contribution in [-0.2, 0) is 6.54 Å². The minimum atomic E-state index is 0.205. The van der Waals surface area contributed by atoms with Gasteiger partial charge in [-0.3, -0.25) is 4.79 Å². The lowest BCUT2D eigenvalue weighted by Gasteiger charge is -2.06. The Morgan fingerprint density at radius 2 is 2.11 bits per heavy atom. The SMILES string of the molecule is CCCC(=O)c1ccn(Cc2ccc(C)cc2Cl)c1. The van der Waals surface area contributed by atoms with Gasteiger partial charge in [0.15, 0.2) is 5.78 Å². The van der Waals surface area contributed by atoms with E-state index in [4.69, 9.17) is 11.6 Å². The molecule has 2 aromatic rings. The first kappa shape index (κ1) is 13.9. The van der Waals surface area contributed by atoms with Gasteiger partial charge in [-0.1, -0.05) is 30.7 Å². The summed E-state index contributed by atoms with van der Waals surface area (Å²) in [5.74, 6) is 0.205. The van der Waals surface area contributed by atoms with Gasteiger partial charge in [-0.15, -0.1) is 0 Å². The van der Waals surface area contributed by atoms with E-state index in [-0.39, 0.29) is 5.78 Å². The van der Waals surface area contributed by atoms with E-state index in [1.54, 1.807) is 0 Å². The quantitative estimate of drug-likeness (QED) is 0.738. The third-order valence-corrected chi connectivity index (χ3v) is 3.46. The Balaban J connectivity index is 2.13. The lowest BCUT2D eigenvalue weighted by atomic mass is 10.1. The average Bonchev–Trinajstić information content (AvgIpc) is 2.82. The number of Topliss-reactive ketones (excluding diaryl/α,β-unsaturated/α-hetero) is 1. The zero-order chi connectivity index (χ0) is 13.8. The molecule has 0 aliphatic heterocycles. The number of rotatable bonds is 5. The summed E-state index contributed by atoms with van der Waals surface area (Å²) >= 11 is 6.22. The fourth-order valence-electron chi connectivity index (χ4n) is 2.05. The second-order valence-corrected chi connectivity index (χ2v) is 5.25. The molecule has 2 nitrogen and oxygen atoms in total. The van der Waals surface area contributed by atoms with Crippen LogP contribution < -0.4 is 0 Å². The van der Waals surface area contributed by atoms with Gasteiger partial charge < -0.3 is 4.57 Å². The minimum absolute atomic E-state index is 0.205. The van der Waals surface area contributed by atoms with Crippen molar-refractivity contribution in [3.8, 4) is 0 Å². The van der Waals surface area contributed by atoms with E-state index in [0.29, 0.717) is 13.0 Å². The third-order valence-electron chi connectivity index (χ3n) is 3.11. The zero-order valence-corrected chi connectivity index (χ0v) is 12.1. The third kappa shape index (κ3) is 3.48. The number of hydrogen-bond acceptors (Lipinski definition) is 1. The molecule has 0 N–H and O–H groups in total. The molecule has 0 unspecified atom stereocenters. The van der Waals surface area contributed by atoms with Gasteiger partial charge in [-0.05, 0) is 36.6 Å². The fraction of sp³-hybridized carbons (Fsp3) is 0.312. The van der Waals surface area contributed by atoms with Crippen LogP contribution in [0.1, 0.15) is 41.3 Å². The molecule has 1 heterocycles. The Labute approximate surface area is 119 Å². The van der Waals surface area contributed by atoms with E-state index in [9.17, 15) is 4.79 Å². The lowest BCUT2D eigenvalue weighted by molar-refractivity contribution is 0.0981. The summed E-state index contributed by atoms with van der Waals surface area (Å²) in [6, 6.07) is 7.92. The van der Waals surface area contributed by atoms with Crippen LogP contribution in [0.3, 0.4) is 0 Å². The van der Waals surface area contributed by atoms with Crippen molar-refractivity contribution >= 4 is 17.4 Å². The lowest BCUT2D eigenvalue weighted by Crippen LogP contribution is -1.99. The van der Waals surface area contributed by atoms with Gasteiger partial charge in [0.05, 0.1) is 0 Å². The minimum Gasteiger partial charge on any atom is -0.349 e. The predicted molar refractivity (Wildman–Crippen MR) is 79.0 cm³/mol. The molecular weight excluding hydrogens is 258 g/mol. The maximum Gasteiger partial charge on any atom is 0.164 e. The molecule has 100 valence electrons. The summed E-state index contributed by atoms with van der Waals surface area (Å²) < 4.78 is 2.00. The van der Waals surface area contributed by atoms with Crippen LogP contribution in [0.15, 0.2) is 36.7 Å². The highest BCUT2D eigenvalue weighted by Gasteiger charge is 2.07. The van der Waals surface area contributed by atoms with E-state index in [0.717, 1.165) is 28.1 Å². The van der Waals surface area contributed by atoms with Crippen molar-refractivity contribution in [1.82, 2.24) is 4.57 Å². The molecule has 2 rings (SSSR count). The Morgan fingerprint density at radius 3 is 2.79 bits per heavy atom. The van der Waals surface area contributed by atoms with E-state index < -0.39 is 0 Å². The largest absolute Gasteiger partial charge is 0.349 e. The van der Waals surface area contributed by atoms with Crippen LogP contribution in [-0.4, -0.2) is 10.4 Å². The highest BCUT2D eigenvalue weighted by atomic mass is 35.5. The normalized spacial score (nSPS) is 10.7. The monoisotopic (exact) mass is 275 g/mol. The molecule has 0 amide bonds. The maximum atomic E-state index is 11.8. The number of carbonyl (C=O) groups excluding carboxylic acids is 1. The second kappa shape index (κ2) is 6.07. The highest BCUT2D eigenvalue weighted by Crippen LogP contribution is 2.19. The number of halogens is 1. The van der Waals surface area contributed by atoms with Crippen molar-refractivity contribution in [2.75, 3.05) is 0 Å². The Bertz CT molecular complexity index is 586. The molecule has 0 aliphatic carbocycles. The molecule has 0 aliphatic rings. The van der Waals surface area contributed by atoms with Crippen LogP contribution in [0.5, 0.6) is 0 Å². The summed E-state index contributed by atoms with van der Waals surface area (Å²) in [4.78, 5) is 11.8. The molecule has 0 saturated heterocycles. The van der Waals surface area contributed by atoms with Gasteiger partial charge in [0.2, 0.25) is 0 Å². The molecule has 0 atom stereocenters. The van der Waals surface area contributed by atoms with Crippen molar-refractivity contribution in [2.45, 2.75) is 33.2 Å². The number of nitrogens with zero attached hydrogens (tertiary/aromatic N) is 1. The zero-order valence-electron chi connectivity index (χ0n) is 11.3. The molecule has 1 aromatic carbocycles.